The van der Waals surface area contributed by atoms with Gasteiger partial charge in [0.05, 0.1) is 17.7 Å². The second-order valence-corrected chi connectivity index (χ2v) is 8.17. The number of likely N-dealkylation sites (tertiary alicyclic amines) is 2. The van der Waals surface area contributed by atoms with Crippen molar-refractivity contribution >= 4 is 11.8 Å². The van der Waals surface area contributed by atoms with Crippen molar-refractivity contribution in [3.63, 3.8) is 0 Å². The van der Waals surface area contributed by atoms with Crippen molar-refractivity contribution in [2.24, 2.45) is 5.41 Å². The summed E-state index contributed by atoms with van der Waals surface area (Å²) in [4.78, 5) is 34.7. The molecule has 2 aromatic rings. The van der Waals surface area contributed by atoms with Crippen LogP contribution in [-0.2, 0) is 11.3 Å². The van der Waals surface area contributed by atoms with Crippen LogP contribution in [0.1, 0.15) is 46.6 Å². The third-order valence-electron chi connectivity index (χ3n) is 6.14. The molecule has 146 valence electrons. The maximum absolute atomic E-state index is 13.3. The monoisotopic (exact) mass is 377 g/mol. The van der Waals surface area contributed by atoms with E-state index in [0.29, 0.717) is 13.1 Å². The van der Waals surface area contributed by atoms with E-state index in [9.17, 15) is 9.59 Å². The number of hydrogen-bond acceptors (Lipinski definition) is 3. The molecule has 0 aliphatic carbocycles. The van der Waals surface area contributed by atoms with Gasteiger partial charge in [-0.25, -0.2) is 0 Å². The average molecular weight is 377 g/mol. The lowest BCUT2D eigenvalue weighted by Crippen LogP contribution is -2.49. The molecule has 2 saturated heterocycles. The standard InChI is InChI=1S/C23H27N3O2/c1-17-7-3-4-10-20(17)21(27)26-13-6-11-23(16-26)12-14-25(22(23)28)15-19-9-5-8-18(2)24-19/h3-5,7-10H,6,11-16H2,1-2H3/t23-/m1/s1. The van der Waals surface area contributed by atoms with E-state index in [-0.39, 0.29) is 11.8 Å². The molecule has 3 heterocycles. The van der Waals surface area contributed by atoms with E-state index < -0.39 is 5.41 Å². The van der Waals surface area contributed by atoms with Crippen molar-refractivity contribution in [1.29, 1.82) is 0 Å². The molecular formula is C23H27N3O2. The van der Waals surface area contributed by atoms with Crippen LogP contribution in [0.2, 0.25) is 0 Å². The summed E-state index contributed by atoms with van der Waals surface area (Å²) in [5, 5.41) is 0. The first-order valence-corrected chi connectivity index (χ1v) is 10.1. The molecule has 0 N–H and O–H groups in total. The summed E-state index contributed by atoms with van der Waals surface area (Å²) in [5.41, 5.74) is 3.18. The number of rotatable bonds is 3. The average Bonchev–Trinajstić information content (AvgIpc) is 2.97. The molecule has 2 aliphatic heterocycles. The summed E-state index contributed by atoms with van der Waals surface area (Å²) < 4.78 is 0. The number of carbonyl (C=O) groups is 2. The molecule has 1 aromatic heterocycles. The Bertz CT molecular complexity index is 910. The van der Waals surface area contributed by atoms with Crippen LogP contribution in [0, 0.1) is 19.3 Å². The number of hydrogen-bond donors (Lipinski definition) is 0. The summed E-state index contributed by atoms with van der Waals surface area (Å²) in [6.07, 6.45) is 2.55. The highest BCUT2D eigenvalue weighted by Gasteiger charge is 2.49. The van der Waals surface area contributed by atoms with E-state index in [0.717, 1.165) is 54.9 Å². The molecule has 0 radical (unpaired) electrons. The lowest BCUT2D eigenvalue weighted by Gasteiger charge is -2.39. The molecule has 4 rings (SSSR count). The van der Waals surface area contributed by atoms with Gasteiger partial charge in [-0.15, -0.1) is 0 Å². The number of aromatic nitrogens is 1. The van der Waals surface area contributed by atoms with Crippen LogP contribution in [0.4, 0.5) is 0 Å². The molecule has 5 nitrogen and oxygen atoms in total. The summed E-state index contributed by atoms with van der Waals surface area (Å²) in [5.74, 6) is 0.224. The normalized spacial score (nSPS) is 22.1. The minimum Gasteiger partial charge on any atom is -0.338 e. The van der Waals surface area contributed by atoms with Gasteiger partial charge >= 0.3 is 0 Å². The number of pyridine rings is 1. The number of piperidine rings is 1. The Morgan fingerprint density at radius 2 is 1.89 bits per heavy atom. The quantitative estimate of drug-likeness (QED) is 0.824. The van der Waals surface area contributed by atoms with Gasteiger partial charge < -0.3 is 9.80 Å². The number of benzene rings is 1. The lowest BCUT2D eigenvalue weighted by molar-refractivity contribution is -0.138. The largest absolute Gasteiger partial charge is 0.338 e. The first kappa shape index (κ1) is 18.7. The van der Waals surface area contributed by atoms with Crippen LogP contribution in [0.15, 0.2) is 42.5 Å². The smallest absolute Gasteiger partial charge is 0.254 e. The van der Waals surface area contributed by atoms with E-state index >= 15 is 0 Å². The first-order chi connectivity index (χ1) is 13.5. The summed E-state index contributed by atoms with van der Waals surface area (Å²) in [6, 6.07) is 13.6. The van der Waals surface area contributed by atoms with E-state index in [1.165, 1.54) is 0 Å². The summed E-state index contributed by atoms with van der Waals surface area (Å²) >= 11 is 0. The van der Waals surface area contributed by atoms with Crippen molar-refractivity contribution in [2.75, 3.05) is 19.6 Å². The maximum Gasteiger partial charge on any atom is 0.254 e. The van der Waals surface area contributed by atoms with Crippen molar-refractivity contribution in [3.8, 4) is 0 Å². The highest BCUT2D eigenvalue weighted by molar-refractivity contribution is 5.96. The Kier molecular flexibility index (Phi) is 4.92. The van der Waals surface area contributed by atoms with Gasteiger partial charge in [0.2, 0.25) is 5.91 Å². The van der Waals surface area contributed by atoms with Crippen molar-refractivity contribution in [1.82, 2.24) is 14.8 Å². The molecule has 0 saturated carbocycles. The minimum atomic E-state index is -0.430. The molecule has 2 amide bonds. The molecule has 2 aliphatic rings. The third-order valence-corrected chi connectivity index (χ3v) is 6.14. The Hall–Kier alpha value is -2.69. The van der Waals surface area contributed by atoms with Gasteiger partial charge in [-0.05, 0) is 56.9 Å². The van der Waals surface area contributed by atoms with Gasteiger partial charge in [-0.2, -0.15) is 0 Å². The fraction of sp³-hybridized carbons (Fsp3) is 0.435. The predicted octanol–water partition coefficient (Wildman–Crippen LogP) is 3.35. The maximum atomic E-state index is 13.3. The number of carbonyl (C=O) groups excluding carboxylic acids is 2. The first-order valence-electron chi connectivity index (χ1n) is 10.1. The van der Waals surface area contributed by atoms with Gasteiger partial charge in [0.25, 0.3) is 5.91 Å². The zero-order chi connectivity index (χ0) is 19.7. The molecule has 0 bridgehead atoms. The van der Waals surface area contributed by atoms with E-state index in [2.05, 4.69) is 4.98 Å². The highest BCUT2D eigenvalue weighted by Crippen LogP contribution is 2.41. The second kappa shape index (κ2) is 7.38. The van der Waals surface area contributed by atoms with E-state index in [4.69, 9.17) is 0 Å². The lowest BCUT2D eigenvalue weighted by atomic mass is 9.78. The zero-order valence-electron chi connectivity index (χ0n) is 16.6. The van der Waals surface area contributed by atoms with Gasteiger partial charge in [0.15, 0.2) is 0 Å². The topological polar surface area (TPSA) is 53.5 Å². The second-order valence-electron chi connectivity index (χ2n) is 8.17. The van der Waals surface area contributed by atoms with Gasteiger partial charge in [-0.1, -0.05) is 24.3 Å². The van der Waals surface area contributed by atoms with Crippen molar-refractivity contribution in [3.05, 3.63) is 65.0 Å². The van der Waals surface area contributed by atoms with Gasteiger partial charge in [0, 0.05) is 30.9 Å². The fourth-order valence-electron chi connectivity index (χ4n) is 4.59. The predicted molar refractivity (Wildman–Crippen MR) is 108 cm³/mol. The molecule has 1 aromatic carbocycles. The number of amides is 2. The van der Waals surface area contributed by atoms with Crippen molar-refractivity contribution < 1.29 is 9.59 Å². The fourth-order valence-corrected chi connectivity index (χ4v) is 4.59. The van der Waals surface area contributed by atoms with Gasteiger partial charge in [0.1, 0.15) is 0 Å². The molecule has 1 spiro atoms. The number of aryl methyl sites for hydroxylation is 2. The summed E-state index contributed by atoms with van der Waals surface area (Å²) in [6.45, 7) is 6.46. The third kappa shape index (κ3) is 3.41. The molecule has 2 fully saturated rings. The van der Waals surface area contributed by atoms with E-state index in [1.807, 2.05) is 66.1 Å². The van der Waals surface area contributed by atoms with Crippen LogP contribution in [0.3, 0.4) is 0 Å². The minimum absolute atomic E-state index is 0.0452. The number of nitrogens with zero attached hydrogens (tertiary/aromatic N) is 3. The Labute approximate surface area is 166 Å². The molecule has 1 atom stereocenters. The van der Waals surface area contributed by atoms with Crippen molar-refractivity contribution in [2.45, 2.75) is 39.7 Å². The van der Waals surface area contributed by atoms with Crippen LogP contribution >= 0.6 is 0 Å². The highest BCUT2D eigenvalue weighted by atomic mass is 16.2. The van der Waals surface area contributed by atoms with Gasteiger partial charge in [-0.3, -0.25) is 14.6 Å². The molecule has 28 heavy (non-hydrogen) atoms. The Balaban J connectivity index is 1.50. The van der Waals surface area contributed by atoms with E-state index in [1.54, 1.807) is 0 Å². The summed E-state index contributed by atoms with van der Waals surface area (Å²) in [7, 11) is 0. The molecule has 0 unspecified atom stereocenters. The SMILES string of the molecule is Cc1cccc(CN2CC[C@@]3(CCCN(C(=O)c4ccccc4C)C3)C2=O)n1. The zero-order valence-corrected chi connectivity index (χ0v) is 16.6. The molecular weight excluding hydrogens is 350 g/mol. The Morgan fingerprint density at radius 3 is 2.68 bits per heavy atom. The van der Waals surface area contributed by atoms with Crippen LogP contribution in [0.5, 0.6) is 0 Å². The molecule has 5 heteroatoms. The van der Waals surface area contributed by atoms with Crippen LogP contribution in [0.25, 0.3) is 0 Å². The Morgan fingerprint density at radius 1 is 1.07 bits per heavy atom. The van der Waals surface area contributed by atoms with Crippen LogP contribution < -0.4 is 0 Å². The van der Waals surface area contributed by atoms with Crippen LogP contribution in [-0.4, -0.2) is 46.2 Å².